The van der Waals surface area contributed by atoms with Gasteiger partial charge in [-0.2, -0.15) is 0 Å². The molecule has 0 saturated heterocycles. The summed E-state index contributed by atoms with van der Waals surface area (Å²) in [6.45, 7) is 6.00. The van der Waals surface area contributed by atoms with E-state index >= 15 is 0 Å². The maximum Gasteiger partial charge on any atom is 0.0562 e. The number of hydrogen-bond acceptors (Lipinski definition) is 4. The Hall–Kier alpha value is -1.13. The molecule has 0 bridgehead atoms. The van der Waals surface area contributed by atoms with Crippen LogP contribution in [0.1, 0.15) is 12.6 Å². The van der Waals surface area contributed by atoms with E-state index < -0.39 is 0 Å². The van der Waals surface area contributed by atoms with Crippen molar-refractivity contribution in [3.05, 3.63) is 24.0 Å². The lowest BCUT2D eigenvalue weighted by Crippen LogP contribution is -2.28. The predicted octanol–water partition coefficient (Wildman–Crippen LogP) is 1.19. The highest BCUT2D eigenvalue weighted by Crippen LogP contribution is 2.12. The van der Waals surface area contributed by atoms with Gasteiger partial charge in [0.2, 0.25) is 0 Å². The molecule has 0 fully saturated rings. The number of hydrogen-bond donors (Lipinski definition) is 1. The molecule has 1 N–H and O–H groups in total. The zero-order chi connectivity index (χ0) is 12.7. The minimum absolute atomic E-state index is 0.839. The molecule has 17 heavy (non-hydrogen) atoms. The Labute approximate surface area is 105 Å². The maximum absolute atomic E-state index is 4.35. The molecule has 1 aromatic rings. The fourth-order valence-electron chi connectivity index (χ4n) is 1.53. The second-order valence-electron chi connectivity index (χ2n) is 4.51. The molecule has 0 aliphatic carbocycles. The van der Waals surface area contributed by atoms with Crippen LogP contribution in [0.3, 0.4) is 0 Å². The molecule has 96 valence electrons. The SMILES string of the molecule is CCNCc1cc(N(C)CCN(C)C)ccn1. The lowest BCUT2D eigenvalue weighted by atomic mass is 10.3. The normalized spacial score (nSPS) is 10.9. The number of rotatable bonds is 7. The summed E-state index contributed by atoms with van der Waals surface area (Å²) >= 11 is 0. The van der Waals surface area contributed by atoms with Gasteiger partial charge in [-0.25, -0.2) is 0 Å². The molecule has 0 atom stereocenters. The fourth-order valence-corrected chi connectivity index (χ4v) is 1.53. The summed E-state index contributed by atoms with van der Waals surface area (Å²) in [5.41, 5.74) is 2.33. The Morgan fingerprint density at radius 1 is 1.24 bits per heavy atom. The Bertz CT molecular complexity index is 325. The van der Waals surface area contributed by atoms with Crippen LogP contribution in [-0.4, -0.2) is 50.7 Å². The molecule has 1 heterocycles. The minimum atomic E-state index is 0.839. The Morgan fingerprint density at radius 2 is 2.00 bits per heavy atom. The molecule has 0 saturated carbocycles. The number of pyridine rings is 1. The summed E-state index contributed by atoms with van der Waals surface area (Å²) in [5.74, 6) is 0. The van der Waals surface area contributed by atoms with Crippen LogP contribution in [0.15, 0.2) is 18.3 Å². The third-order valence-corrected chi connectivity index (χ3v) is 2.68. The summed E-state index contributed by atoms with van der Waals surface area (Å²) in [6, 6.07) is 4.21. The van der Waals surface area contributed by atoms with Crippen molar-refractivity contribution in [2.24, 2.45) is 0 Å². The van der Waals surface area contributed by atoms with E-state index in [0.29, 0.717) is 0 Å². The molecule has 0 unspecified atom stereocenters. The van der Waals surface area contributed by atoms with Gasteiger partial charge in [0.1, 0.15) is 0 Å². The van der Waals surface area contributed by atoms with Crippen LogP contribution < -0.4 is 10.2 Å². The summed E-state index contributed by atoms with van der Waals surface area (Å²) in [4.78, 5) is 8.81. The number of aromatic nitrogens is 1. The molecule has 1 aromatic heterocycles. The average molecular weight is 236 g/mol. The zero-order valence-electron chi connectivity index (χ0n) is 11.4. The van der Waals surface area contributed by atoms with E-state index in [9.17, 15) is 0 Å². The third-order valence-electron chi connectivity index (χ3n) is 2.68. The quantitative estimate of drug-likeness (QED) is 0.770. The molecule has 0 aliphatic rings. The molecule has 0 aromatic carbocycles. The van der Waals surface area contributed by atoms with Crippen molar-refractivity contribution in [3.8, 4) is 0 Å². The molecule has 1 rings (SSSR count). The van der Waals surface area contributed by atoms with Crippen molar-refractivity contribution in [3.63, 3.8) is 0 Å². The molecule has 0 spiro atoms. The van der Waals surface area contributed by atoms with Gasteiger partial charge in [-0.05, 0) is 32.8 Å². The van der Waals surface area contributed by atoms with E-state index in [4.69, 9.17) is 0 Å². The van der Waals surface area contributed by atoms with Gasteiger partial charge in [0.15, 0.2) is 0 Å². The smallest absolute Gasteiger partial charge is 0.0562 e. The Balaban J connectivity index is 2.57. The highest BCUT2D eigenvalue weighted by atomic mass is 15.2. The Kier molecular flexibility index (Phi) is 5.94. The first kappa shape index (κ1) is 13.9. The fraction of sp³-hybridized carbons (Fsp3) is 0.615. The topological polar surface area (TPSA) is 31.4 Å². The monoisotopic (exact) mass is 236 g/mol. The van der Waals surface area contributed by atoms with E-state index in [1.165, 1.54) is 5.69 Å². The van der Waals surface area contributed by atoms with Crippen molar-refractivity contribution in [1.29, 1.82) is 0 Å². The molecule has 0 amide bonds. The van der Waals surface area contributed by atoms with Gasteiger partial charge in [0.25, 0.3) is 0 Å². The van der Waals surface area contributed by atoms with Crippen molar-refractivity contribution in [2.75, 3.05) is 45.7 Å². The summed E-state index contributed by atoms with van der Waals surface area (Å²) in [5, 5.41) is 3.29. The largest absolute Gasteiger partial charge is 0.373 e. The van der Waals surface area contributed by atoms with Crippen molar-refractivity contribution >= 4 is 5.69 Å². The summed E-state index contributed by atoms with van der Waals surface area (Å²) in [6.07, 6.45) is 1.88. The summed E-state index contributed by atoms with van der Waals surface area (Å²) < 4.78 is 0. The van der Waals surface area contributed by atoms with Crippen LogP contribution in [0, 0.1) is 0 Å². The lowest BCUT2D eigenvalue weighted by Gasteiger charge is -2.21. The van der Waals surface area contributed by atoms with Gasteiger partial charge in [-0.1, -0.05) is 6.92 Å². The van der Waals surface area contributed by atoms with Gasteiger partial charge >= 0.3 is 0 Å². The van der Waals surface area contributed by atoms with Crippen LogP contribution in [0.5, 0.6) is 0 Å². The number of anilines is 1. The van der Waals surface area contributed by atoms with Gasteiger partial charge in [-0.3, -0.25) is 4.98 Å². The first-order valence-electron chi connectivity index (χ1n) is 6.15. The molecular weight excluding hydrogens is 212 g/mol. The van der Waals surface area contributed by atoms with Crippen LogP contribution in [0.4, 0.5) is 5.69 Å². The number of nitrogens with zero attached hydrogens (tertiary/aromatic N) is 3. The van der Waals surface area contributed by atoms with Gasteiger partial charge in [-0.15, -0.1) is 0 Å². The molecule has 0 radical (unpaired) electrons. The highest BCUT2D eigenvalue weighted by Gasteiger charge is 2.03. The lowest BCUT2D eigenvalue weighted by molar-refractivity contribution is 0.416. The van der Waals surface area contributed by atoms with Crippen molar-refractivity contribution in [1.82, 2.24) is 15.2 Å². The van der Waals surface area contributed by atoms with E-state index in [0.717, 1.165) is 31.9 Å². The van der Waals surface area contributed by atoms with Crippen LogP contribution in [0.2, 0.25) is 0 Å². The van der Waals surface area contributed by atoms with E-state index in [2.05, 4.69) is 60.3 Å². The van der Waals surface area contributed by atoms with E-state index in [1.54, 1.807) is 0 Å². The zero-order valence-corrected chi connectivity index (χ0v) is 11.4. The van der Waals surface area contributed by atoms with Gasteiger partial charge < -0.3 is 15.1 Å². The van der Waals surface area contributed by atoms with Gasteiger partial charge in [0.05, 0.1) is 5.69 Å². The molecular formula is C13H24N4. The second-order valence-corrected chi connectivity index (χ2v) is 4.51. The summed E-state index contributed by atoms with van der Waals surface area (Å²) in [7, 11) is 6.31. The Morgan fingerprint density at radius 3 is 2.65 bits per heavy atom. The van der Waals surface area contributed by atoms with Crippen molar-refractivity contribution < 1.29 is 0 Å². The predicted molar refractivity (Wildman–Crippen MR) is 73.4 cm³/mol. The van der Waals surface area contributed by atoms with Gasteiger partial charge in [0, 0.05) is 38.6 Å². The molecule has 4 nitrogen and oxygen atoms in total. The van der Waals surface area contributed by atoms with E-state index in [-0.39, 0.29) is 0 Å². The highest BCUT2D eigenvalue weighted by molar-refractivity contribution is 5.45. The van der Waals surface area contributed by atoms with Crippen molar-refractivity contribution in [2.45, 2.75) is 13.5 Å². The first-order valence-corrected chi connectivity index (χ1v) is 6.15. The number of nitrogens with one attached hydrogen (secondary N) is 1. The maximum atomic E-state index is 4.35. The average Bonchev–Trinajstić information content (AvgIpc) is 2.33. The number of likely N-dealkylation sites (N-methyl/N-ethyl adjacent to an activating group) is 2. The third kappa shape index (κ3) is 5.15. The molecule has 4 heteroatoms. The molecule has 0 aliphatic heterocycles. The standard InChI is InChI=1S/C13H24N4/c1-5-14-11-12-10-13(6-7-15-12)17(4)9-8-16(2)3/h6-7,10,14H,5,8-9,11H2,1-4H3. The first-order chi connectivity index (χ1) is 8.13. The van der Waals surface area contributed by atoms with Crippen LogP contribution >= 0.6 is 0 Å². The van der Waals surface area contributed by atoms with E-state index in [1.807, 2.05) is 6.20 Å². The van der Waals surface area contributed by atoms with Crippen LogP contribution in [0.25, 0.3) is 0 Å². The van der Waals surface area contributed by atoms with Crippen LogP contribution in [-0.2, 0) is 6.54 Å². The second kappa shape index (κ2) is 7.25. The minimum Gasteiger partial charge on any atom is -0.373 e.